The number of rotatable bonds is 19. The van der Waals surface area contributed by atoms with Gasteiger partial charge in [-0.25, -0.2) is 0 Å². The molecule has 2 rings (SSSR count). The molecule has 0 radical (unpaired) electrons. The zero-order chi connectivity index (χ0) is 30.8. The first-order valence-electron chi connectivity index (χ1n) is 15.7. The van der Waals surface area contributed by atoms with Gasteiger partial charge in [0.25, 0.3) is 0 Å². The monoisotopic (exact) mass is 600 g/mol. The number of hydrogen-bond donors (Lipinski definition) is 0. The molecule has 1 aliphatic rings. The van der Waals surface area contributed by atoms with Gasteiger partial charge in [-0.2, -0.15) is 0 Å². The molecular formula is C35H56O6Si. The average molecular weight is 601 g/mol. The fourth-order valence-electron chi connectivity index (χ4n) is 4.51. The van der Waals surface area contributed by atoms with E-state index in [-0.39, 0.29) is 19.1 Å². The lowest BCUT2D eigenvalue weighted by Crippen LogP contribution is -2.25. The van der Waals surface area contributed by atoms with Gasteiger partial charge >= 0.3 is 5.97 Å². The number of carbonyl (C=O) groups is 1. The number of ether oxygens (including phenoxy) is 5. The summed E-state index contributed by atoms with van der Waals surface area (Å²) in [7, 11) is 0.310. The molecule has 1 aromatic rings. The van der Waals surface area contributed by atoms with Crippen molar-refractivity contribution >= 4 is 14.0 Å². The first-order valence-corrected chi connectivity index (χ1v) is 19.4. The second-order valence-electron chi connectivity index (χ2n) is 12.7. The van der Waals surface area contributed by atoms with E-state index < -0.39 is 8.07 Å². The number of hydrogen-bond acceptors (Lipinski definition) is 6. The molecule has 1 unspecified atom stereocenters. The summed E-state index contributed by atoms with van der Waals surface area (Å²) in [5.74, 6) is 1.51. The minimum absolute atomic E-state index is 0.150. The van der Waals surface area contributed by atoms with Crippen LogP contribution in [0, 0.1) is 0 Å². The van der Waals surface area contributed by atoms with Crippen LogP contribution in [0.1, 0.15) is 84.1 Å². The Kier molecular flexibility index (Phi) is 16.9. The van der Waals surface area contributed by atoms with Gasteiger partial charge in [0.1, 0.15) is 11.5 Å². The molecule has 0 spiro atoms. The molecular weight excluding hydrogens is 544 g/mol. The zero-order valence-corrected chi connectivity index (χ0v) is 28.4. The van der Waals surface area contributed by atoms with E-state index in [1.165, 1.54) is 23.8 Å². The van der Waals surface area contributed by atoms with Crippen LogP contribution in [-0.2, 0) is 25.4 Å². The van der Waals surface area contributed by atoms with Crippen LogP contribution < -0.4 is 9.47 Å². The minimum atomic E-state index is -1.13. The van der Waals surface area contributed by atoms with Crippen LogP contribution in [0.4, 0.5) is 0 Å². The van der Waals surface area contributed by atoms with Crippen LogP contribution in [0.3, 0.4) is 0 Å². The minimum Gasteiger partial charge on any atom is -0.469 e. The van der Waals surface area contributed by atoms with Gasteiger partial charge in [-0.05, 0) is 96.4 Å². The molecule has 1 fully saturated rings. The maximum absolute atomic E-state index is 11.3. The van der Waals surface area contributed by atoms with Gasteiger partial charge in [-0.3, -0.25) is 4.79 Å². The topological polar surface area (TPSA) is 63.2 Å². The van der Waals surface area contributed by atoms with E-state index >= 15 is 0 Å². The summed E-state index contributed by atoms with van der Waals surface area (Å²) in [6, 6.07) is 7.18. The lowest BCUT2D eigenvalue weighted by molar-refractivity contribution is -0.140. The van der Waals surface area contributed by atoms with E-state index in [0.29, 0.717) is 6.42 Å². The summed E-state index contributed by atoms with van der Waals surface area (Å²) in [6.07, 6.45) is 15.9. The van der Waals surface area contributed by atoms with E-state index in [2.05, 4.69) is 64.7 Å². The Bertz CT molecular complexity index is 1030. The van der Waals surface area contributed by atoms with E-state index in [1.54, 1.807) is 0 Å². The smallest absolute Gasteiger partial charge is 0.305 e. The van der Waals surface area contributed by atoms with Gasteiger partial charge in [-0.1, -0.05) is 54.6 Å². The Balaban J connectivity index is 1.90. The molecule has 1 saturated heterocycles. The predicted molar refractivity (Wildman–Crippen MR) is 175 cm³/mol. The van der Waals surface area contributed by atoms with Crippen LogP contribution in [-0.4, -0.2) is 47.4 Å². The first-order chi connectivity index (χ1) is 20.1. The third-order valence-corrected chi connectivity index (χ3v) is 9.12. The lowest BCUT2D eigenvalue weighted by atomic mass is 10.0. The fourth-order valence-corrected chi connectivity index (χ4v) is 5.27. The quantitative estimate of drug-likeness (QED) is 0.0519. The molecule has 1 heterocycles. The Morgan fingerprint density at radius 1 is 0.952 bits per heavy atom. The average Bonchev–Trinajstić information content (AvgIpc) is 2.95. The highest BCUT2D eigenvalue weighted by Crippen LogP contribution is 2.28. The summed E-state index contributed by atoms with van der Waals surface area (Å²) >= 11 is 0. The molecule has 236 valence electrons. The largest absolute Gasteiger partial charge is 0.469 e. The van der Waals surface area contributed by atoms with Crippen LogP contribution >= 0.6 is 0 Å². The van der Waals surface area contributed by atoms with E-state index in [1.807, 2.05) is 12.1 Å². The second kappa shape index (κ2) is 19.8. The molecule has 1 atom stereocenters. The van der Waals surface area contributed by atoms with Crippen molar-refractivity contribution in [3.8, 4) is 11.5 Å². The zero-order valence-electron chi connectivity index (χ0n) is 27.4. The molecule has 0 amide bonds. The molecule has 0 aromatic heterocycles. The number of carbonyl (C=O) groups excluding carboxylic acids is 1. The summed E-state index contributed by atoms with van der Waals surface area (Å²) in [5, 5.41) is 0. The maximum atomic E-state index is 11.3. The predicted octanol–water partition coefficient (Wildman–Crippen LogP) is 9.18. The highest BCUT2D eigenvalue weighted by Gasteiger charge is 2.16. The van der Waals surface area contributed by atoms with E-state index in [0.717, 1.165) is 94.1 Å². The fraction of sp³-hybridized carbons (Fsp3) is 0.629. The molecule has 1 aromatic carbocycles. The van der Waals surface area contributed by atoms with Crippen LogP contribution in [0.25, 0.3) is 0 Å². The van der Waals surface area contributed by atoms with Gasteiger partial charge in [0.05, 0.1) is 13.7 Å². The number of esters is 1. The number of benzene rings is 1. The lowest BCUT2D eigenvalue weighted by Gasteiger charge is -2.24. The van der Waals surface area contributed by atoms with Crippen molar-refractivity contribution in [2.45, 2.75) is 117 Å². The molecule has 0 saturated carbocycles. The van der Waals surface area contributed by atoms with Crippen LogP contribution in [0.5, 0.6) is 11.5 Å². The van der Waals surface area contributed by atoms with Gasteiger partial charge in [0.15, 0.2) is 13.1 Å². The summed E-state index contributed by atoms with van der Waals surface area (Å²) in [5.41, 5.74) is 5.10. The highest BCUT2D eigenvalue weighted by molar-refractivity contribution is 6.76. The standard InChI is InChI=1S/C35H56O6Si/c1-28(13-11-15-30(3)18-22-34(36)37-4)12-10-14-29(2)17-19-31-26-32(41-35-16-8-9-23-39-35)20-21-33(31)40-27-38-24-25-42(5,6)7/h12,15,17,20-21,26,35H,8-11,13-14,16,18-19,22-25,27H2,1-7H3/b28-12+,29-17?,30-15+. The van der Waals surface area contributed by atoms with Gasteiger partial charge in [-0.15, -0.1) is 0 Å². The third-order valence-electron chi connectivity index (χ3n) is 7.42. The van der Waals surface area contributed by atoms with E-state index in [4.69, 9.17) is 23.7 Å². The molecule has 7 heteroatoms. The highest BCUT2D eigenvalue weighted by atomic mass is 28.3. The van der Waals surface area contributed by atoms with Crippen molar-refractivity contribution in [1.29, 1.82) is 0 Å². The van der Waals surface area contributed by atoms with Crippen LogP contribution in [0.2, 0.25) is 25.7 Å². The molecule has 0 N–H and O–H groups in total. The molecule has 0 aliphatic carbocycles. The molecule has 6 nitrogen and oxygen atoms in total. The van der Waals surface area contributed by atoms with Gasteiger partial charge in [0, 0.05) is 33.1 Å². The normalized spacial score (nSPS) is 16.8. The van der Waals surface area contributed by atoms with Crippen molar-refractivity contribution in [2.75, 3.05) is 27.1 Å². The van der Waals surface area contributed by atoms with Crippen molar-refractivity contribution in [3.05, 3.63) is 58.7 Å². The Hall–Kier alpha value is -2.35. The van der Waals surface area contributed by atoms with Crippen molar-refractivity contribution < 1.29 is 28.5 Å². The van der Waals surface area contributed by atoms with Crippen molar-refractivity contribution in [3.63, 3.8) is 0 Å². The van der Waals surface area contributed by atoms with Crippen LogP contribution in [0.15, 0.2) is 53.1 Å². The Morgan fingerprint density at radius 2 is 1.64 bits per heavy atom. The SMILES string of the molecule is COC(=O)CC/C(C)=C/CC/C(C)=C/CCC(C)=CCc1cc(OC2CCCCO2)ccc1OCOCC[Si](C)(C)C. The van der Waals surface area contributed by atoms with E-state index in [9.17, 15) is 4.79 Å². The first kappa shape index (κ1) is 35.8. The summed E-state index contributed by atoms with van der Waals surface area (Å²) in [4.78, 5) is 11.3. The van der Waals surface area contributed by atoms with Crippen molar-refractivity contribution in [2.24, 2.45) is 0 Å². The van der Waals surface area contributed by atoms with Gasteiger partial charge < -0.3 is 23.7 Å². The molecule has 0 bridgehead atoms. The second-order valence-corrected chi connectivity index (χ2v) is 18.3. The third kappa shape index (κ3) is 16.3. The number of allylic oxidation sites excluding steroid dienone is 6. The van der Waals surface area contributed by atoms with Crippen molar-refractivity contribution in [1.82, 2.24) is 0 Å². The number of methoxy groups -OCH3 is 1. The molecule has 42 heavy (non-hydrogen) atoms. The van der Waals surface area contributed by atoms with Gasteiger partial charge in [0.2, 0.25) is 0 Å². The maximum Gasteiger partial charge on any atom is 0.305 e. The Labute approximate surface area is 256 Å². The molecule has 1 aliphatic heterocycles. The summed E-state index contributed by atoms with van der Waals surface area (Å²) in [6.45, 7) is 15.3. The Morgan fingerprint density at radius 3 is 2.29 bits per heavy atom. The summed E-state index contributed by atoms with van der Waals surface area (Å²) < 4.78 is 28.5.